The van der Waals surface area contributed by atoms with E-state index in [1.54, 1.807) is 11.3 Å². The first kappa shape index (κ1) is 9.82. The predicted molar refractivity (Wildman–Crippen MR) is 67.7 cm³/mol. The molecule has 1 heterocycles. The zero-order chi connectivity index (χ0) is 11.0. The first-order valence-electron chi connectivity index (χ1n) is 5.36. The normalized spacial score (nSPS) is 18.3. The molecule has 0 fully saturated rings. The van der Waals surface area contributed by atoms with Gasteiger partial charge in [0.15, 0.2) is 0 Å². The second kappa shape index (κ2) is 3.89. The Morgan fingerprint density at radius 1 is 1.12 bits per heavy atom. The Balaban J connectivity index is 2.15. The number of benzene rings is 1. The summed E-state index contributed by atoms with van der Waals surface area (Å²) in [7, 11) is 0. The molecule has 1 aliphatic carbocycles. The third-order valence-corrected chi connectivity index (χ3v) is 3.90. The van der Waals surface area contributed by atoms with Crippen LogP contribution < -0.4 is 0 Å². The molecule has 1 aliphatic rings. The lowest BCUT2D eigenvalue weighted by Gasteiger charge is -2.06. The summed E-state index contributed by atoms with van der Waals surface area (Å²) in [5, 5.41) is 11.5. The van der Waals surface area contributed by atoms with Gasteiger partial charge in [-0.05, 0) is 28.1 Å². The van der Waals surface area contributed by atoms with Crippen LogP contribution in [0.15, 0.2) is 47.9 Å². The number of hydrogen-bond acceptors (Lipinski definition) is 2. The fraction of sp³-hybridized carbons (Fsp3) is 0.143. The maximum atomic E-state index is 9.39. The van der Waals surface area contributed by atoms with E-state index in [0.717, 1.165) is 0 Å². The average molecular weight is 228 g/mol. The fourth-order valence-corrected chi connectivity index (χ4v) is 3.01. The molecule has 1 aromatic heterocycles. The smallest absolute Gasteiger partial charge is 0.0535 e. The summed E-state index contributed by atoms with van der Waals surface area (Å²) in [4.78, 5) is 1.28. The standard InChI is InChI=1S/C14H12OS/c15-9-10-8-13(14-6-3-7-16-14)12-5-2-1-4-11(10)12/h1-8,10,15H,9H2. The van der Waals surface area contributed by atoms with Gasteiger partial charge in [0.2, 0.25) is 0 Å². The van der Waals surface area contributed by atoms with Crippen LogP contribution in [-0.4, -0.2) is 11.7 Å². The van der Waals surface area contributed by atoms with Gasteiger partial charge in [0.1, 0.15) is 0 Å². The van der Waals surface area contributed by atoms with Crippen LogP contribution in [0, 0.1) is 0 Å². The van der Waals surface area contributed by atoms with Gasteiger partial charge in [-0.1, -0.05) is 36.4 Å². The number of hydrogen-bond donors (Lipinski definition) is 1. The fourth-order valence-electron chi connectivity index (χ4n) is 2.24. The minimum absolute atomic E-state index is 0.160. The molecule has 1 aromatic carbocycles. The quantitative estimate of drug-likeness (QED) is 0.836. The Morgan fingerprint density at radius 2 is 2.00 bits per heavy atom. The molecule has 80 valence electrons. The van der Waals surface area contributed by atoms with Crippen molar-refractivity contribution in [2.45, 2.75) is 5.92 Å². The van der Waals surface area contributed by atoms with Gasteiger partial charge in [-0.2, -0.15) is 0 Å². The van der Waals surface area contributed by atoms with Crippen LogP contribution in [0.25, 0.3) is 5.57 Å². The Hall–Kier alpha value is -1.38. The van der Waals surface area contributed by atoms with Gasteiger partial charge in [0, 0.05) is 10.8 Å². The third-order valence-electron chi connectivity index (χ3n) is 3.00. The second-order valence-electron chi connectivity index (χ2n) is 3.93. The van der Waals surface area contributed by atoms with Crippen molar-refractivity contribution in [1.29, 1.82) is 0 Å². The summed E-state index contributed by atoms with van der Waals surface area (Å²) >= 11 is 1.75. The Labute approximate surface area is 98.7 Å². The van der Waals surface area contributed by atoms with Crippen LogP contribution in [0.1, 0.15) is 21.9 Å². The van der Waals surface area contributed by atoms with Gasteiger partial charge < -0.3 is 5.11 Å². The van der Waals surface area contributed by atoms with E-state index < -0.39 is 0 Å². The van der Waals surface area contributed by atoms with Crippen molar-refractivity contribution in [1.82, 2.24) is 0 Å². The van der Waals surface area contributed by atoms with Crippen molar-refractivity contribution in [2.75, 3.05) is 6.61 Å². The molecule has 0 bridgehead atoms. The molecule has 0 spiro atoms. The van der Waals surface area contributed by atoms with Crippen LogP contribution in [0.2, 0.25) is 0 Å². The zero-order valence-electron chi connectivity index (χ0n) is 8.76. The largest absolute Gasteiger partial charge is 0.395 e. The molecule has 1 N–H and O–H groups in total. The molecule has 0 amide bonds. The van der Waals surface area contributed by atoms with E-state index in [0.29, 0.717) is 0 Å². The summed E-state index contributed by atoms with van der Waals surface area (Å²) in [5.74, 6) is 0.160. The molecule has 2 heteroatoms. The first-order valence-corrected chi connectivity index (χ1v) is 6.24. The highest BCUT2D eigenvalue weighted by Gasteiger charge is 2.23. The minimum Gasteiger partial charge on any atom is -0.395 e. The lowest BCUT2D eigenvalue weighted by Crippen LogP contribution is -1.97. The van der Waals surface area contributed by atoms with Crippen molar-refractivity contribution in [2.24, 2.45) is 0 Å². The summed E-state index contributed by atoms with van der Waals surface area (Å²) in [6.45, 7) is 0.186. The van der Waals surface area contributed by atoms with E-state index in [4.69, 9.17) is 0 Å². The van der Waals surface area contributed by atoms with Gasteiger partial charge >= 0.3 is 0 Å². The number of fused-ring (bicyclic) bond motifs is 1. The highest BCUT2D eigenvalue weighted by Crippen LogP contribution is 2.40. The average Bonchev–Trinajstić information content (AvgIpc) is 2.95. The van der Waals surface area contributed by atoms with Gasteiger partial charge in [-0.25, -0.2) is 0 Å². The SMILES string of the molecule is OCC1C=C(c2cccs2)c2ccccc21. The van der Waals surface area contributed by atoms with E-state index in [-0.39, 0.29) is 12.5 Å². The number of aliphatic hydroxyl groups excluding tert-OH is 1. The number of rotatable bonds is 2. The monoisotopic (exact) mass is 228 g/mol. The molecule has 3 rings (SSSR count). The topological polar surface area (TPSA) is 20.2 Å². The molecule has 2 aromatic rings. The number of thiophene rings is 1. The van der Waals surface area contributed by atoms with Gasteiger partial charge in [-0.15, -0.1) is 11.3 Å². The van der Waals surface area contributed by atoms with E-state index in [9.17, 15) is 5.11 Å². The Kier molecular flexibility index (Phi) is 2.39. The highest BCUT2D eigenvalue weighted by molar-refractivity contribution is 7.11. The lowest BCUT2D eigenvalue weighted by molar-refractivity contribution is 0.284. The molecular weight excluding hydrogens is 216 g/mol. The second-order valence-corrected chi connectivity index (χ2v) is 4.88. The maximum Gasteiger partial charge on any atom is 0.0535 e. The predicted octanol–water partition coefficient (Wildman–Crippen LogP) is 3.27. The van der Waals surface area contributed by atoms with E-state index >= 15 is 0 Å². The van der Waals surface area contributed by atoms with Crippen LogP contribution >= 0.6 is 11.3 Å². The molecule has 0 saturated carbocycles. The highest BCUT2D eigenvalue weighted by atomic mass is 32.1. The molecule has 1 unspecified atom stereocenters. The summed E-state index contributed by atoms with van der Waals surface area (Å²) < 4.78 is 0. The van der Waals surface area contributed by atoms with Crippen molar-refractivity contribution in [3.63, 3.8) is 0 Å². The molecular formula is C14H12OS. The molecule has 16 heavy (non-hydrogen) atoms. The van der Waals surface area contributed by atoms with E-state index in [2.05, 4.69) is 41.8 Å². The van der Waals surface area contributed by atoms with Crippen LogP contribution in [0.4, 0.5) is 0 Å². The van der Waals surface area contributed by atoms with Gasteiger partial charge in [0.25, 0.3) is 0 Å². The zero-order valence-corrected chi connectivity index (χ0v) is 9.58. The Morgan fingerprint density at radius 3 is 2.75 bits per heavy atom. The molecule has 1 atom stereocenters. The van der Waals surface area contributed by atoms with E-state index in [1.807, 2.05) is 6.07 Å². The molecule has 0 radical (unpaired) electrons. The first-order chi connectivity index (χ1) is 7.90. The summed E-state index contributed by atoms with van der Waals surface area (Å²) in [6, 6.07) is 12.5. The van der Waals surface area contributed by atoms with Crippen LogP contribution in [0.5, 0.6) is 0 Å². The minimum atomic E-state index is 0.160. The molecule has 0 aliphatic heterocycles. The van der Waals surface area contributed by atoms with Crippen molar-refractivity contribution < 1.29 is 5.11 Å². The third kappa shape index (κ3) is 1.42. The van der Waals surface area contributed by atoms with Crippen LogP contribution in [-0.2, 0) is 0 Å². The number of aliphatic hydroxyl groups is 1. The summed E-state index contributed by atoms with van der Waals surface area (Å²) in [6.07, 6.45) is 2.18. The lowest BCUT2D eigenvalue weighted by atomic mass is 10.0. The maximum absolute atomic E-state index is 9.39. The van der Waals surface area contributed by atoms with Crippen LogP contribution in [0.3, 0.4) is 0 Å². The Bertz CT molecular complexity index is 525. The van der Waals surface area contributed by atoms with Crippen molar-refractivity contribution in [3.05, 3.63) is 63.9 Å². The summed E-state index contributed by atoms with van der Waals surface area (Å²) in [5.41, 5.74) is 3.78. The van der Waals surface area contributed by atoms with Crippen molar-refractivity contribution in [3.8, 4) is 0 Å². The van der Waals surface area contributed by atoms with E-state index in [1.165, 1.54) is 21.6 Å². The molecule has 1 nitrogen and oxygen atoms in total. The van der Waals surface area contributed by atoms with Crippen molar-refractivity contribution >= 4 is 16.9 Å². The van der Waals surface area contributed by atoms with Gasteiger partial charge in [0.05, 0.1) is 6.61 Å². The van der Waals surface area contributed by atoms with Gasteiger partial charge in [-0.3, -0.25) is 0 Å². The molecule has 0 saturated heterocycles.